The Morgan fingerprint density at radius 2 is 1.79 bits per heavy atom. The second kappa shape index (κ2) is 5.32. The number of hydrogen-bond donors (Lipinski definition) is 1. The second-order valence-corrected chi connectivity index (χ2v) is 3.93. The fraction of sp³-hybridized carbons (Fsp3) is 0.143. The van der Waals surface area contributed by atoms with Crippen LogP contribution in [0.15, 0.2) is 36.4 Å². The zero-order chi connectivity index (χ0) is 14.0. The smallest absolute Gasteiger partial charge is 0.171 e. The van der Waals surface area contributed by atoms with Crippen LogP contribution < -0.4 is 4.74 Å². The molecule has 0 bridgehead atoms. The Balaban J connectivity index is 2.47. The molecule has 2 rings (SSSR count). The first-order chi connectivity index (χ1) is 9.04. The molecule has 0 amide bonds. The number of methoxy groups -OCH3 is 1. The number of ether oxygens (including phenoxy) is 1. The molecule has 0 aromatic heterocycles. The molecule has 0 radical (unpaired) electrons. The maximum atomic E-state index is 13.9. The quantitative estimate of drug-likeness (QED) is 0.926. The highest BCUT2D eigenvalue weighted by molar-refractivity contribution is 5.37. The van der Waals surface area contributed by atoms with Crippen molar-refractivity contribution in [3.8, 4) is 5.75 Å². The lowest BCUT2D eigenvalue weighted by atomic mass is 10.00. The Bertz CT molecular complexity index is 599. The largest absolute Gasteiger partial charge is 0.494 e. The molecular weight excluding hydrogens is 257 g/mol. The molecule has 2 aromatic carbocycles. The maximum absolute atomic E-state index is 13.9. The van der Waals surface area contributed by atoms with E-state index in [0.717, 1.165) is 12.1 Å². The van der Waals surface area contributed by atoms with E-state index in [1.165, 1.54) is 25.3 Å². The van der Waals surface area contributed by atoms with Gasteiger partial charge in [-0.1, -0.05) is 18.2 Å². The van der Waals surface area contributed by atoms with Crippen molar-refractivity contribution in [2.75, 3.05) is 7.11 Å². The van der Waals surface area contributed by atoms with Gasteiger partial charge in [0.25, 0.3) is 0 Å². The van der Waals surface area contributed by atoms with E-state index in [1.54, 1.807) is 0 Å². The minimum atomic E-state index is -1.53. The summed E-state index contributed by atoms with van der Waals surface area (Å²) in [5.74, 6) is -2.53. The molecule has 1 unspecified atom stereocenters. The fourth-order valence-electron chi connectivity index (χ4n) is 1.79. The van der Waals surface area contributed by atoms with E-state index >= 15 is 0 Å². The topological polar surface area (TPSA) is 29.5 Å². The number of rotatable bonds is 3. The average Bonchev–Trinajstić information content (AvgIpc) is 2.38. The zero-order valence-electron chi connectivity index (χ0n) is 10.0. The molecule has 0 fully saturated rings. The Labute approximate surface area is 108 Å². The minimum Gasteiger partial charge on any atom is -0.494 e. The zero-order valence-corrected chi connectivity index (χ0v) is 10.0. The summed E-state index contributed by atoms with van der Waals surface area (Å²) in [5.41, 5.74) is -0.335. The molecule has 0 aliphatic rings. The van der Waals surface area contributed by atoms with Gasteiger partial charge in [0.15, 0.2) is 11.6 Å². The van der Waals surface area contributed by atoms with Gasteiger partial charge >= 0.3 is 0 Å². The van der Waals surface area contributed by atoms with Crippen LogP contribution in [0.1, 0.15) is 17.2 Å². The van der Waals surface area contributed by atoms with Crippen LogP contribution in [0.25, 0.3) is 0 Å². The van der Waals surface area contributed by atoms with Gasteiger partial charge < -0.3 is 9.84 Å². The summed E-state index contributed by atoms with van der Waals surface area (Å²) in [6.45, 7) is 0. The van der Waals surface area contributed by atoms with Gasteiger partial charge in [-0.15, -0.1) is 0 Å². The van der Waals surface area contributed by atoms with E-state index < -0.39 is 23.6 Å². The lowest BCUT2D eigenvalue weighted by Gasteiger charge is -2.14. The Morgan fingerprint density at radius 3 is 2.42 bits per heavy atom. The highest BCUT2D eigenvalue weighted by atomic mass is 19.1. The molecule has 0 saturated heterocycles. The number of aliphatic hydroxyl groups is 1. The van der Waals surface area contributed by atoms with Crippen LogP contribution in [-0.2, 0) is 0 Å². The predicted octanol–water partition coefficient (Wildman–Crippen LogP) is 3.19. The number of benzene rings is 2. The van der Waals surface area contributed by atoms with E-state index in [0.29, 0.717) is 6.07 Å². The molecule has 1 atom stereocenters. The monoisotopic (exact) mass is 268 g/mol. The highest BCUT2D eigenvalue weighted by Crippen LogP contribution is 2.30. The van der Waals surface area contributed by atoms with Crippen molar-refractivity contribution >= 4 is 0 Å². The van der Waals surface area contributed by atoms with Gasteiger partial charge in [0.1, 0.15) is 17.7 Å². The summed E-state index contributed by atoms with van der Waals surface area (Å²) < 4.78 is 45.1. The molecule has 2 aromatic rings. The molecule has 19 heavy (non-hydrogen) atoms. The van der Waals surface area contributed by atoms with Gasteiger partial charge in [0, 0.05) is 17.2 Å². The van der Waals surface area contributed by atoms with Crippen molar-refractivity contribution in [3.63, 3.8) is 0 Å². The predicted molar refractivity (Wildman–Crippen MR) is 63.4 cm³/mol. The molecule has 0 spiro atoms. The van der Waals surface area contributed by atoms with Crippen LogP contribution in [0.5, 0.6) is 5.75 Å². The SMILES string of the molecule is COc1cccc(C(O)c2ccc(F)cc2F)c1F. The Morgan fingerprint density at radius 1 is 1.05 bits per heavy atom. The summed E-state index contributed by atoms with van der Waals surface area (Å²) in [6.07, 6.45) is -1.53. The summed E-state index contributed by atoms with van der Waals surface area (Å²) in [6, 6.07) is 6.88. The maximum Gasteiger partial charge on any atom is 0.171 e. The normalized spacial score (nSPS) is 12.3. The van der Waals surface area contributed by atoms with E-state index in [4.69, 9.17) is 4.74 Å². The van der Waals surface area contributed by atoms with E-state index in [2.05, 4.69) is 0 Å². The van der Waals surface area contributed by atoms with Gasteiger partial charge in [-0.05, 0) is 12.1 Å². The molecule has 0 aliphatic heterocycles. The third-order valence-corrected chi connectivity index (χ3v) is 2.76. The van der Waals surface area contributed by atoms with Crippen LogP contribution in [0.3, 0.4) is 0 Å². The number of halogens is 3. The Kier molecular flexibility index (Phi) is 3.76. The van der Waals surface area contributed by atoms with E-state index in [9.17, 15) is 18.3 Å². The minimum absolute atomic E-state index is 0.0564. The van der Waals surface area contributed by atoms with Gasteiger partial charge in [0.05, 0.1) is 7.11 Å². The van der Waals surface area contributed by atoms with Crippen LogP contribution in [0.2, 0.25) is 0 Å². The number of hydrogen-bond acceptors (Lipinski definition) is 2. The molecule has 100 valence electrons. The summed E-state index contributed by atoms with van der Waals surface area (Å²) >= 11 is 0. The average molecular weight is 268 g/mol. The van der Waals surface area contributed by atoms with Gasteiger partial charge in [-0.2, -0.15) is 0 Å². The fourth-order valence-corrected chi connectivity index (χ4v) is 1.79. The van der Waals surface area contributed by atoms with Crippen molar-refractivity contribution in [3.05, 3.63) is 65.0 Å². The molecular formula is C14H11F3O2. The van der Waals surface area contributed by atoms with E-state index in [1.807, 2.05) is 0 Å². The molecule has 2 nitrogen and oxygen atoms in total. The first-order valence-electron chi connectivity index (χ1n) is 5.50. The molecule has 1 N–H and O–H groups in total. The van der Waals surface area contributed by atoms with Crippen molar-refractivity contribution in [1.29, 1.82) is 0 Å². The molecule has 0 heterocycles. The van der Waals surface area contributed by atoms with Crippen molar-refractivity contribution in [2.45, 2.75) is 6.10 Å². The van der Waals surface area contributed by atoms with Gasteiger partial charge in [0.2, 0.25) is 0 Å². The molecule has 0 saturated carbocycles. The molecule has 0 aliphatic carbocycles. The highest BCUT2D eigenvalue weighted by Gasteiger charge is 2.20. The lowest BCUT2D eigenvalue weighted by Crippen LogP contribution is -2.06. The van der Waals surface area contributed by atoms with E-state index in [-0.39, 0.29) is 16.9 Å². The summed E-state index contributed by atoms with van der Waals surface area (Å²) in [7, 11) is 1.28. The second-order valence-electron chi connectivity index (χ2n) is 3.93. The number of aliphatic hydroxyl groups excluding tert-OH is 1. The summed E-state index contributed by atoms with van der Waals surface area (Å²) in [5, 5.41) is 10.0. The third-order valence-electron chi connectivity index (χ3n) is 2.76. The van der Waals surface area contributed by atoms with Gasteiger partial charge in [-0.3, -0.25) is 0 Å². The van der Waals surface area contributed by atoms with Crippen LogP contribution >= 0.6 is 0 Å². The third kappa shape index (κ3) is 2.56. The van der Waals surface area contributed by atoms with Crippen LogP contribution in [0.4, 0.5) is 13.2 Å². The van der Waals surface area contributed by atoms with Crippen LogP contribution in [0, 0.1) is 17.5 Å². The molecule has 5 heteroatoms. The summed E-state index contributed by atoms with van der Waals surface area (Å²) in [4.78, 5) is 0. The standard InChI is InChI=1S/C14H11F3O2/c1-19-12-4-2-3-10(13(12)17)14(18)9-6-5-8(15)7-11(9)16/h2-7,14,18H,1H3. The van der Waals surface area contributed by atoms with Crippen molar-refractivity contribution < 1.29 is 23.0 Å². The van der Waals surface area contributed by atoms with Crippen molar-refractivity contribution in [2.24, 2.45) is 0 Å². The Hall–Kier alpha value is -2.01. The van der Waals surface area contributed by atoms with Gasteiger partial charge in [-0.25, -0.2) is 13.2 Å². The first kappa shape index (κ1) is 13.4. The van der Waals surface area contributed by atoms with Crippen LogP contribution in [-0.4, -0.2) is 12.2 Å². The van der Waals surface area contributed by atoms with Crippen molar-refractivity contribution in [1.82, 2.24) is 0 Å². The first-order valence-corrected chi connectivity index (χ1v) is 5.50. The lowest BCUT2D eigenvalue weighted by molar-refractivity contribution is 0.208.